The van der Waals surface area contributed by atoms with Crippen molar-refractivity contribution in [1.82, 2.24) is 10.2 Å². The summed E-state index contributed by atoms with van der Waals surface area (Å²) in [6, 6.07) is 16.7. The third-order valence-corrected chi connectivity index (χ3v) is 4.77. The van der Waals surface area contributed by atoms with Gasteiger partial charge in [0.2, 0.25) is 0 Å². The highest BCUT2D eigenvalue weighted by molar-refractivity contribution is 5.94. The molecule has 136 valence electrons. The quantitative estimate of drug-likeness (QED) is 0.814. The molecule has 2 aromatic rings. The third-order valence-electron chi connectivity index (χ3n) is 4.77. The van der Waals surface area contributed by atoms with Gasteiger partial charge in [-0.3, -0.25) is 9.69 Å². The van der Waals surface area contributed by atoms with Gasteiger partial charge in [-0.2, -0.15) is 0 Å². The molecule has 0 aliphatic carbocycles. The predicted molar refractivity (Wildman–Crippen MR) is 108 cm³/mol. The minimum atomic E-state index is -0.0454. The van der Waals surface area contributed by atoms with Crippen molar-refractivity contribution in [3.8, 4) is 0 Å². The zero-order chi connectivity index (χ0) is 18.4. The van der Waals surface area contributed by atoms with Crippen LogP contribution < -0.4 is 10.2 Å². The van der Waals surface area contributed by atoms with Crippen molar-refractivity contribution in [3.05, 3.63) is 77.9 Å². The zero-order valence-electron chi connectivity index (χ0n) is 15.4. The fourth-order valence-electron chi connectivity index (χ4n) is 3.26. The molecule has 0 bridgehead atoms. The van der Waals surface area contributed by atoms with E-state index in [1.54, 1.807) is 6.08 Å². The maximum absolute atomic E-state index is 12.1. The van der Waals surface area contributed by atoms with Gasteiger partial charge in [-0.1, -0.05) is 35.9 Å². The molecule has 1 amide bonds. The van der Waals surface area contributed by atoms with Gasteiger partial charge in [0.25, 0.3) is 5.91 Å². The summed E-state index contributed by atoms with van der Waals surface area (Å²) < 4.78 is 0. The maximum Gasteiger partial charge on any atom is 0.251 e. The Bertz CT molecular complexity index is 746. The first kappa shape index (κ1) is 18.2. The van der Waals surface area contributed by atoms with Crippen LogP contribution in [0.3, 0.4) is 0 Å². The van der Waals surface area contributed by atoms with Gasteiger partial charge >= 0.3 is 0 Å². The molecule has 26 heavy (non-hydrogen) atoms. The minimum Gasteiger partial charge on any atom is -0.369 e. The molecule has 4 heteroatoms. The monoisotopic (exact) mass is 349 g/mol. The summed E-state index contributed by atoms with van der Waals surface area (Å²) in [5, 5.41) is 2.83. The zero-order valence-corrected chi connectivity index (χ0v) is 15.4. The SMILES string of the molecule is C=CCNC(=O)c1cccc(CN2CCN(c3ccc(C)cc3)CC2)c1. The normalized spacial score (nSPS) is 14.9. The first-order chi connectivity index (χ1) is 12.7. The minimum absolute atomic E-state index is 0.0454. The lowest BCUT2D eigenvalue weighted by Gasteiger charge is -2.36. The number of anilines is 1. The second kappa shape index (κ2) is 8.68. The molecule has 1 saturated heterocycles. The molecule has 0 atom stereocenters. The molecular formula is C22H27N3O. The number of amides is 1. The first-order valence-corrected chi connectivity index (χ1v) is 9.18. The molecule has 0 spiro atoms. The number of aryl methyl sites for hydroxylation is 1. The molecule has 4 nitrogen and oxygen atoms in total. The molecule has 0 unspecified atom stereocenters. The maximum atomic E-state index is 12.1. The summed E-state index contributed by atoms with van der Waals surface area (Å²) in [4.78, 5) is 17.0. The van der Waals surface area contributed by atoms with Crippen LogP contribution in [0.2, 0.25) is 0 Å². The number of carbonyl (C=O) groups excluding carboxylic acids is 1. The van der Waals surface area contributed by atoms with Crippen LogP contribution in [0.4, 0.5) is 5.69 Å². The highest BCUT2D eigenvalue weighted by Crippen LogP contribution is 2.18. The van der Waals surface area contributed by atoms with Crippen molar-refractivity contribution in [3.63, 3.8) is 0 Å². The van der Waals surface area contributed by atoms with E-state index in [-0.39, 0.29) is 5.91 Å². The van der Waals surface area contributed by atoms with E-state index in [1.807, 2.05) is 18.2 Å². The number of nitrogens with zero attached hydrogens (tertiary/aromatic N) is 2. The Morgan fingerprint density at radius 2 is 1.85 bits per heavy atom. The molecule has 1 heterocycles. The fraction of sp³-hybridized carbons (Fsp3) is 0.318. The van der Waals surface area contributed by atoms with Crippen LogP contribution in [0, 0.1) is 6.92 Å². The van der Waals surface area contributed by atoms with E-state index in [0.717, 1.165) is 32.7 Å². The van der Waals surface area contributed by atoms with Gasteiger partial charge in [0.15, 0.2) is 0 Å². The topological polar surface area (TPSA) is 35.6 Å². The lowest BCUT2D eigenvalue weighted by molar-refractivity contribution is 0.0958. The highest BCUT2D eigenvalue weighted by atomic mass is 16.1. The van der Waals surface area contributed by atoms with Gasteiger partial charge in [0.05, 0.1) is 0 Å². The van der Waals surface area contributed by atoms with E-state index >= 15 is 0 Å². The Hall–Kier alpha value is -2.59. The Balaban J connectivity index is 1.55. The van der Waals surface area contributed by atoms with Crippen LogP contribution in [0.5, 0.6) is 0 Å². The van der Waals surface area contributed by atoms with Crippen LogP contribution in [0.25, 0.3) is 0 Å². The summed E-state index contributed by atoms with van der Waals surface area (Å²) >= 11 is 0. The van der Waals surface area contributed by atoms with E-state index < -0.39 is 0 Å². The van der Waals surface area contributed by atoms with E-state index in [1.165, 1.54) is 16.8 Å². The van der Waals surface area contributed by atoms with Crippen LogP contribution in [-0.4, -0.2) is 43.5 Å². The third kappa shape index (κ3) is 4.73. The Kier molecular flexibility index (Phi) is 6.08. The smallest absolute Gasteiger partial charge is 0.251 e. The van der Waals surface area contributed by atoms with Gasteiger partial charge in [-0.05, 0) is 36.8 Å². The standard InChI is InChI=1S/C22H27N3O/c1-3-11-23-22(26)20-6-4-5-19(16-20)17-24-12-14-25(15-13-24)21-9-7-18(2)8-10-21/h3-10,16H,1,11-15,17H2,2H3,(H,23,26). The number of benzene rings is 2. The summed E-state index contributed by atoms with van der Waals surface area (Å²) in [5.41, 5.74) is 4.49. The van der Waals surface area contributed by atoms with E-state index in [4.69, 9.17) is 0 Å². The Morgan fingerprint density at radius 3 is 2.54 bits per heavy atom. The van der Waals surface area contributed by atoms with Crippen molar-refractivity contribution in [2.45, 2.75) is 13.5 Å². The average molecular weight is 349 g/mol. The Morgan fingerprint density at radius 1 is 1.12 bits per heavy atom. The highest BCUT2D eigenvalue weighted by Gasteiger charge is 2.17. The van der Waals surface area contributed by atoms with Gasteiger partial charge < -0.3 is 10.2 Å². The summed E-state index contributed by atoms with van der Waals surface area (Å²) in [6.45, 7) is 11.2. The lowest BCUT2D eigenvalue weighted by atomic mass is 10.1. The second-order valence-electron chi connectivity index (χ2n) is 6.80. The average Bonchev–Trinajstić information content (AvgIpc) is 2.67. The second-order valence-corrected chi connectivity index (χ2v) is 6.80. The van der Waals surface area contributed by atoms with Crippen molar-refractivity contribution in [1.29, 1.82) is 0 Å². The van der Waals surface area contributed by atoms with Crippen LogP contribution in [0.15, 0.2) is 61.2 Å². The number of hydrogen-bond donors (Lipinski definition) is 1. The molecule has 2 aromatic carbocycles. The van der Waals surface area contributed by atoms with Crippen molar-refractivity contribution >= 4 is 11.6 Å². The van der Waals surface area contributed by atoms with Crippen molar-refractivity contribution < 1.29 is 4.79 Å². The van der Waals surface area contributed by atoms with Crippen molar-refractivity contribution in [2.24, 2.45) is 0 Å². The molecule has 1 fully saturated rings. The molecule has 0 aromatic heterocycles. The van der Waals surface area contributed by atoms with Crippen molar-refractivity contribution in [2.75, 3.05) is 37.6 Å². The first-order valence-electron chi connectivity index (χ1n) is 9.18. The van der Waals surface area contributed by atoms with Gasteiger partial charge in [0, 0.05) is 50.5 Å². The molecule has 3 rings (SSSR count). The lowest BCUT2D eigenvalue weighted by Crippen LogP contribution is -2.46. The summed E-state index contributed by atoms with van der Waals surface area (Å²) in [6.07, 6.45) is 1.69. The molecule has 1 aliphatic heterocycles. The van der Waals surface area contributed by atoms with Crippen LogP contribution in [0.1, 0.15) is 21.5 Å². The number of hydrogen-bond acceptors (Lipinski definition) is 3. The fourth-order valence-corrected chi connectivity index (χ4v) is 3.26. The van der Waals surface area contributed by atoms with Crippen LogP contribution in [-0.2, 0) is 6.54 Å². The van der Waals surface area contributed by atoms with Crippen LogP contribution >= 0.6 is 0 Å². The van der Waals surface area contributed by atoms with E-state index in [9.17, 15) is 4.79 Å². The molecule has 1 N–H and O–H groups in total. The Labute approximate surface area is 156 Å². The molecule has 0 saturated carbocycles. The van der Waals surface area contributed by atoms with Gasteiger partial charge in [0.1, 0.15) is 0 Å². The molecular weight excluding hydrogens is 322 g/mol. The number of piperazine rings is 1. The molecule has 0 radical (unpaired) electrons. The van der Waals surface area contributed by atoms with Gasteiger partial charge in [-0.15, -0.1) is 6.58 Å². The molecule has 1 aliphatic rings. The summed E-state index contributed by atoms with van der Waals surface area (Å²) in [5.74, 6) is -0.0454. The largest absolute Gasteiger partial charge is 0.369 e. The van der Waals surface area contributed by atoms with E-state index in [2.05, 4.69) is 59.0 Å². The number of rotatable bonds is 6. The number of nitrogens with one attached hydrogen (secondary N) is 1. The van der Waals surface area contributed by atoms with Gasteiger partial charge in [-0.25, -0.2) is 0 Å². The number of carbonyl (C=O) groups is 1. The summed E-state index contributed by atoms with van der Waals surface area (Å²) in [7, 11) is 0. The predicted octanol–water partition coefficient (Wildman–Crippen LogP) is 3.23. The van der Waals surface area contributed by atoms with E-state index in [0.29, 0.717) is 12.1 Å².